The zero-order valence-corrected chi connectivity index (χ0v) is 21.7. The molecule has 0 aromatic rings. The highest BCUT2D eigenvalue weighted by molar-refractivity contribution is 4.80. The Labute approximate surface area is 193 Å². The van der Waals surface area contributed by atoms with Gasteiger partial charge in [0, 0.05) is 0 Å². The van der Waals surface area contributed by atoms with Gasteiger partial charge in [0.2, 0.25) is 0 Å². The molecule has 0 radical (unpaired) electrons. The van der Waals surface area contributed by atoms with Crippen molar-refractivity contribution >= 4 is 0 Å². The van der Waals surface area contributed by atoms with Crippen LogP contribution in [0.5, 0.6) is 0 Å². The first-order valence-corrected chi connectivity index (χ1v) is 14.5. The molecule has 1 atom stereocenters. The van der Waals surface area contributed by atoms with E-state index in [4.69, 9.17) is 0 Å². The second-order valence-corrected chi connectivity index (χ2v) is 10.1. The second-order valence-electron chi connectivity index (χ2n) is 10.1. The Kier molecular flexibility index (Phi) is 26.5. The van der Waals surface area contributed by atoms with Crippen molar-refractivity contribution in [2.24, 2.45) is 5.92 Å². The Morgan fingerprint density at radius 2 is 0.767 bits per heavy atom. The van der Waals surface area contributed by atoms with Gasteiger partial charge in [-0.05, 0) is 25.2 Å². The third-order valence-electron chi connectivity index (χ3n) is 6.74. The fourth-order valence-electron chi connectivity index (χ4n) is 4.52. The number of allylic oxidation sites excluding steroid dienone is 2. The SMILES string of the molecule is CCCC=CCCCCCCCCC(C)CCCCCCCCCCCCCCC. The number of rotatable bonds is 25. The number of unbranched alkanes of at least 4 members (excludes halogenated alkanes) is 19. The summed E-state index contributed by atoms with van der Waals surface area (Å²) in [6.45, 7) is 7.05. The molecule has 0 fully saturated rings. The molecule has 0 heteroatoms. The minimum Gasteiger partial charge on any atom is -0.0885 e. The summed E-state index contributed by atoms with van der Waals surface area (Å²) in [6, 6.07) is 0. The van der Waals surface area contributed by atoms with E-state index < -0.39 is 0 Å². The highest BCUT2D eigenvalue weighted by atomic mass is 14.1. The van der Waals surface area contributed by atoms with Gasteiger partial charge in [0.1, 0.15) is 0 Å². The Morgan fingerprint density at radius 3 is 1.20 bits per heavy atom. The van der Waals surface area contributed by atoms with Crippen molar-refractivity contribution in [3.63, 3.8) is 0 Å². The van der Waals surface area contributed by atoms with E-state index in [0.29, 0.717) is 0 Å². The van der Waals surface area contributed by atoms with E-state index in [1.54, 1.807) is 0 Å². The van der Waals surface area contributed by atoms with Crippen molar-refractivity contribution in [2.75, 3.05) is 0 Å². The van der Waals surface area contributed by atoms with Crippen molar-refractivity contribution in [1.29, 1.82) is 0 Å². The van der Waals surface area contributed by atoms with Gasteiger partial charge in [0.05, 0.1) is 0 Å². The van der Waals surface area contributed by atoms with Gasteiger partial charge >= 0.3 is 0 Å². The molecule has 0 nitrogen and oxygen atoms in total. The molecular weight excluding hydrogens is 360 g/mol. The van der Waals surface area contributed by atoms with Gasteiger partial charge < -0.3 is 0 Å². The average molecular weight is 421 g/mol. The highest BCUT2D eigenvalue weighted by Crippen LogP contribution is 2.19. The van der Waals surface area contributed by atoms with Crippen LogP contribution in [0.1, 0.15) is 175 Å². The van der Waals surface area contributed by atoms with Crippen LogP contribution in [0.15, 0.2) is 12.2 Å². The maximum atomic E-state index is 2.49. The molecule has 0 heterocycles. The van der Waals surface area contributed by atoms with Crippen LogP contribution in [0.25, 0.3) is 0 Å². The van der Waals surface area contributed by atoms with Crippen molar-refractivity contribution in [3.8, 4) is 0 Å². The third kappa shape index (κ3) is 25.8. The van der Waals surface area contributed by atoms with Crippen LogP contribution < -0.4 is 0 Å². The van der Waals surface area contributed by atoms with E-state index >= 15 is 0 Å². The lowest BCUT2D eigenvalue weighted by molar-refractivity contribution is 0.430. The smallest absolute Gasteiger partial charge is 0.0351 e. The summed E-state index contributed by atoms with van der Waals surface area (Å²) < 4.78 is 0. The van der Waals surface area contributed by atoms with Crippen molar-refractivity contribution in [2.45, 2.75) is 175 Å². The van der Waals surface area contributed by atoms with Crippen LogP contribution in [0, 0.1) is 5.92 Å². The van der Waals surface area contributed by atoms with E-state index in [1.165, 1.54) is 154 Å². The Bertz CT molecular complexity index is 316. The van der Waals surface area contributed by atoms with Crippen molar-refractivity contribution in [1.82, 2.24) is 0 Å². The highest BCUT2D eigenvalue weighted by Gasteiger charge is 2.02. The van der Waals surface area contributed by atoms with E-state index in [2.05, 4.69) is 32.9 Å². The van der Waals surface area contributed by atoms with E-state index in [1.807, 2.05) is 0 Å². The molecule has 0 amide bonds. The van der Waals surface area contributed by atoms with Gasteiger partial charge in [-0.1, -0.05) is 168 Å². The molecule has 0 saturated carbocycles. The average Bonchev–Trinajstić information content (AvgIpc) is 2.75. The van der Waals surface area contributed by atoms with Crippen LogP contribution in [0.3, 0.4) is 0 Å². The van der Waals surface area contributed by atoms with Crippen LogP contribution in [-0.2, 0) is 0 Å². The standard InChI is InChI=1S/C30H60/c1-4-6-8-10-12-14-16-17-19-21-23-25-27-29-30(3)28-26-24-22-20-18-15-13-11-9-7-5-2/h9,11,30H,4-8,10,12-29H2,1-3H3. The lowest BCUT2D eigenvalue weighted by atomic mass is 9.95. The first kappa shape index (κ1) is 29.7. The van der Waals surface area contributed by atoms with E-state index in [-0.39, 0.29) is 0 Å². The summed E-state index contributed by atoms with van der Waals surface area (Å²) in [6.07, 6.45) is 39.3. The van der Waals surface area contributed by atoms with Crippen molar-refractivity contribution in [3.05, 3.63) is 12.2 Å². The molecule has 0 aromatic heterocycles. The zero-order valence-electron chi connectivity index (χ0n) is 21.7. The second kappa shape index (κ2) is 26.8. The lowest BCUT2D eigenvalue weighted by Crippen LogP contribution is -1.95. The summed E-state index contributed by atoms with van der Waals surface area (Å²) >= 11 is 0. The predicted molar refractivity (Wildman–Crippen MR) is 140 cm³/mol. The molecule has 0 N–H and O–H groups in total. The number of hydrogen-bond donors (Lipinski definition) is 0. The molecule has 0 bridgehead atoms. The maximum Gasteiger partial charge on any atom is -0.0351 e. The maximum absolute atomic E-state index is 2.49. The quantitative estimate of drug-likeness (QED) is 0.102. The molecule has 1 unspecified atom stereocenters. The van der Waals surface area contributed by atoms with Gasteiger partial charge in [-0.25, -0.2) is 0 Å². The monoisotopic (exact) mass is 420 g/mol. The fraction of sp³-hybridized carbons (Fsp3) is 0.933. The van der Waals surface area contributed by atoms with Gasteiger partial charge in [-0.15, -0.1) is 0 Å². The van der Waals surface area contributed by atoms with Gasteiger partial charge in [0.15, 0.2) is 0 Å². The Hall–Kier alpha value is -0.260. The Morgan fingerprint density at radius 1 is 0.400 bits per heavy atom. The summed E-state index contributed by atoms with van der Waals surface area (Å²) in [7, 11) is 0. The fourth-order valence-corrected chi connectivity index (χ4v) is 4.52. The summed E-state index contributed by atoms with van der Waals surface area (Å²) in [4.78, 5) is 0. The summed E-state index contributed by atoms with van der Waals surface area (Å²) in [5, 5.41) is 0. The zero-order chi connectivity index (χ0) is 22.0. The lowest BCUT2D eigenvalue weighted by Gasteiger charge is -2.11. The van der Waals surface area contributed by atoms with Crippen LogP contribution in [0.4, 0.5) is 0 Å². The van der Waals surface area contributed by atoms with E-state index in [0.717, 1.165) is 5.92 Å². The molecule has 0 aliphatic rings. The van der Waals surface area contributed by atoms with Gasteiger partial charge in [-0.3, -0.25) is 0 Å². The van der Waals surface area contributed by atoms with Gasteiger partial charge in [0.25, 0.3) is 0 Å². The van der Waals surface area contributed by atoms with Crippen molar-refractivity contribution < 1.29 is 0 Å². The molecule has 180 valence electrons. The molecule has 0 rings (SSSR count). The molecule has 0 saturated heterocycles. The van der Waals surface area contributed by atoms with Crippen LogP contribution >= 0.6 is 0 Å². The first-order chi connectivity index (χ1) is 14.8. The molecule has 0 aromatic carbocycles. The van der Waals surface area contributed by atoms with Gasteiger partial charge in [-0.2, -0.15) is 0 Å². The normalized spacial score (nSPS) is 12.8. The number of hydrogen-bond acceptors (Lipinski definition) is 0. The molecule has 30 heavy (non-hydrogen) atoms. The summed E-state index contributed by atoms with van der Waals surface area (Å²) in [5.41, 5.74) is 0. The molecule has 0 aliphatic carbocycles. The minimum absolute atomic E-state index is 0.960. The predicted octanol–water partition coefficient (Wildman–Crippen LogP) is 11.6. The minimum atomic E-state index is 0.960. The van der Waals surface area contributed by atoms with E-state index in [9.17, 15) is 0 Å². The molecule has 0 aliphatic heterocycles. The largest absolute Gasteiger partial charge is 0.0885 e. The van der Waals surface area contributed by atoms with Crippen LogP contribution in [0.2, 0.25) is 0 Å². The Balaban J connectivity index is 3.16. The topological polar surface area (TPSA) is 0 Å². The summed E-state index contributed by atoms with van der Waals surface area (Å²) in [5.74, 6) is 0.960. The first-order valence-electron chi connectivity index (χ1n) is 14.5. The third-order valence-corrected chi connectivity index (χ3v) is 6.74. The van der Waals surface area contributed by atoms with Crippen LogP contribution in [-0.4, -0.2) is 0 Å². The molecule has 0 spiro atoms. The molecular formula is C30H60.